The lowest BCUT2D eigenvalue weighted by molar-refractivity contribution is 0.624. The molecule has 0 spiro atoms. The monoisotopic (exact) mass is 257 g/mol. The van der Waals surface area contributed by atoms with Crippen molar-refractivity contribution in [1.82, 2.24) is 9.78 Å². The number of nitrogen functional groups attached to an aromatic ring is 1. The van der Waals surface area contributed by atoms with Crippen molar-refractivity contribution in [3.05, 3.63) is 41.6 Å². The fourth-order valence-electron chi connectivity index (χ4n) is 2.35. The van der Waals surface area contributed by atoms with Gasteiger partial charge in [-0.15, -0.1) is 0 Å². The summed E-state index contributed by atoms with van der Waals surface area (Å²) in [5.41, 5.74) is 9.71. The van der Waals surface area contributed by atoms with Crippen LogP contribution in [0, 0.1) is 5.92 Å². The lowest BCUT2D eigenvalue weighted by atomic mass is 10.0. The second kappa shape index (κ2) is 5.91. The average Bonchev–Trinajstić information content (AvgIpc) is 2.68. The molecule has 102 valence electrons. The molecule has 3 nitrogen and oxygen atoms in total. The molecule has 0 amide bonds. The number of hydrogen-bond donors (Lipinski definition) is 1. The maximum Gasteiger partial charge on any atom is 0.130 e. The highest BCUT2D eigenvalue weighted by Crippen LogP contribution is 2.24. The number of benzene rings is 1. The number of para-hydroxylation sites is 1. The van der Waals surface area contributed by atoms with Crippen LogP contribution >= 0.6 is 0 Å². The molecule has 0 saturated carbocycles. The predicted octanol–water partition coefficient (Wildman–Crippen LogP) is 3.61. The maximum absolute atomic E-state index is 6.30. The Morgan fingerprint density at radius 2 is 1.89 bits per heavy atom. The van der Waals surface area contributed by atoms with Crippen LogP contribution in [-0.4, -0.2) is 9.78 Å². The summed E-state index contributed by atoms with van der Waals surface area (Å²) in [6, 6.07) is 10.1. The standard InChI is InChI=1S/C16H23N3/c1-4-8-14-15(11-12(2)3)18-19(16(14)17)13-9-6-5-7-10-13/h5-7,9-10,12H,4,8,11,17H2,1-3H3. The van der Waals surface area contributed by atoms with E-state index in [2.05, 4.69) is 20.8 Å². The van der Waals surface area contributed by atoms with Crippen molar-refractivity contribution in [2.45, 2.75) is 40.0 Å². The molecule has 0 unspecified atom stereocenters. The van der Waals surface area contributed by atoms with Crippen LogP contribution in [0.15, 0.2) is 30.3 Å². The second-order valence-corrected chi connectivity index (χ2v) is 5.41. The summed E-state index contributed by atoms with van der Waals surface area (Å²) in [6.45, 7) is 6.61. The van der Waals surface area contributed by atoms with E-state index >= 15 is 0 Å². The maximum atomic E-state index is 6.30. The Bertz CT molecular complexity index is 526. The zero-order chi connectivity index (χ0) is 13.8. The highest BCUT2D eigenvalue weighted by atomic mass is 15.3. The molecule has 2 rings (SSSR count). The van der Waals surface area contributed by atoms with Crippen molar-refractivity contribution in [3.8, 4) is 5.69 Å². The Morgan fingerprint density at radius 1 is 1.21 bits per heavy atom. The molecule has 0 aliphatic heterocycles. The molecule has 0 fully saturated rings. The number of aromatic nitrogens is 2. The smallest absolute Gasteiger partial charge is 0.130 e. The third-order valence-electron chi connectivity index (χ3n) is 3.21. The summed E-state index contributed by atoms with van der Waals surface area (Å²) in [7, 11) is 0. The SMILES string of the molecule is CCCc1c(CC(C)C)nn(-c2ccccc2)c1N. The molecule has 19 heavy (non-hydrogen) atoms. The van der Waals surface area contributed by atoms with Gasteiger partial charge >= 0.3 is 0 Å². The van der Waals surface area contributed by atoms with E-state index in [1.54, 1.807) is 0 Å². The minimum absolute atomic E-state index is 0.592. The van der Waals surface area contributed by atoms with Gasteiger partial charge in [0.1, 0.15) is 5.82 Å². The molecule has 2 aromatic rings. The van der Waals surface area contributed by atoms with E-state index in [4.69, 9.17) is 10.8 Å². The first kappa shape index (κ1) is 13.7. The topological polar surface area (TPSA) is 43.8 Å². The van der Waals surface area contributed by atoms with Crippen molar-refractivity contribution in [1.29, 1.82) is 0 Å². The third kappa shape index (κ3) is 2.98. The average molecular weight is 257 g/mol. The van der Waals surface area contributed by atoms with Crippen LogP contribution in [-0.2, 0) is 12.8 Å². The van der Waals surface area contributed by atoms with Gasteiger partial charge in [0.05, 0.1) is 11.4 Å². The van der Waals surface area contributed by atoms with Crippen LogP contribution in [0.3, 0.4) is 0 Å². The quantitative estimate of drug-likeness (QED) is 0.889. The van der Waals surface area contributed by atoms with Gasteiger partial charge in [-0.1, -0.05) is 45.4 Å². The highest BCUT2D eigenvalue weighted by molar-refractivity contribution is 5.50. The van der Waals surface area contributed by atoms with Gasteiger partial charge < -0.3 is 5.73 Å². The number of rotatable bonds is 5. The van der Waals surface area contributed by atoms with Gasteiger partial charge in [0.2, 0.25) is 0 Å². The van der Waals surface area contributed by atoms with Crippen molar-refractivity contribution in [3.63, 3.8) is 0 Å². The van der Waals surface area contributed by atoms with E-state index in [-0.39, 0.29) is 0 Å². The number of nitrogens with zero attached hydrogens (tertiary/aromatic N) is 2. The first-order chi connectivity index (χ1) is 9.13. The van der Waals surface area contributed by atoms with Gasteiger partial charge in [-0.2, -0.15) is 5.10 Å². The number of nitrogens with two attached hydrogens (primary N) is 1. The van der Waals surface area contributed by atoms with Crippen molar-refractivity contribution in [2.24, 2.45) is 5.92 Å². The molecule has 1 heterocycles. The molecule has 3 heteroatoms. The fourth-order valence-corrected chi connectivity index (χ4v) is 2.35. The zero-order valence-electron chi connectivity index (χ0n) is 12.1. The summed E-state index contributed by atoms with van der Waals surface area (Å²) in [4.78, 5) is 0. The minimum atomic E-state index is 0.592. The van der Waals surface area contributed by atoms with Crippen LogP contribution in [0.5, 0.6) is 0 Å². The predicted molar refractivity (Wildman–Crippen MR) is 80.5 cm³/mol. The van der Waals surface area contributed by atoms with E-state index < -0.39 is 0 Å². The third-order valence-corrected chi connectivity index (χ3v) is 3.21. The van der Waals surface area contributed by atoms with Crippen molar-refractivity contribution >= 4 is 5.82 Å². The van der Waals surface area contributed by atoms with Crippen LogP contribution in [0.4, 0.5) is 5.82 Å². The summed E-state index contributed by atoms with van der Waals surface area (Å²) in [6.07, 6.45) is 3.08. The highest BCUT2D eigenvalue weighted by Gasteiger charge is 2.16. The van der Waals surface area contributed by atoms with Gasteiger partial charge in [-0.3, -0.25) is 0 Å². The molecule has 0 atom stereocenters. The van der Waals surface area contributed by atoms with E-state index in [9.17, 15) is 0 Å². The molecule has 1 aromatic carbocycles. The van der Waals surface area contributed by atoms with Gasteiger partial charge in [0.15, 0.2) is 0 Å². The lowest BCUT2D eigenvalue weighted by Gasteiger charge is -2.04. The summed E-state index contributed by atoms with van der Waals surface area (Å²) in [5, 5.41) is 4.73. The molecule has 0 saturated heterocycles. The van der Waals surface area contributed by atoms with Crippen LogP contribution < -0.4 is 5.73 Å². The fraction of sp³-hybridized carbons (Fsp3) is 0.438. The first-order valence-electron chi connectivity index (χ1n) is 7.05. The molecule has 0 aliphatic carbocycles. The zero-order valence-corrected chi connectivity index (χ0v) is 12.1. The first-order valence-corrected chi connectivity index (χ1v) is 7.05. The van der Waals surface area contributed by atoms with Gasteiger partial charge in [0, 0.05) is 5.56 Å². The van der Waals surface area contributed by atoms with Crippen molar-refractivity contribution in [2.75, 3.05) is 5.73 Å². The van der Waals surface area contributed by atoms with Gasteiger partial charge in [0.25, 0.3) is 0 Å². The van der Waals surface area contributed by atoms with Crippen LogP contribution in [0.25, 0.3) is 5.69 Å². The second-order valence-electron chi connectivity index (χ2n) is 5.41. The Morgan fingerprint density at radius 3 is 2.47 bits per heavy atom. The number of hydrogen-bond acceptors (Lipinski definition) is 2. The van der Waals surface area contributed by atoms with E-state index in [1.165, 1.54) is 5.56 Å². The normalized spacial score (nSPS) is 11.2. The van der Waals surface area contributed by atoms with E-state index in [0.717, 1.165) is 36.5 Å². The molecule has 2 N–H and O–H groups in total. The molecule has 0 bridgehead atoms. The summed E-state index contributed by atoms with van der Waals surface area (Å²) < 4.78 is 1.88. The Kier molecular flexibility index (Phi) is 4.25. The van der Waals surface area contributed by atoms with E-state index in [0.29, 0.717) is 5.92 Å². The summed E-state index contributed by atoms with van der Waals surface area (Å²) in [5.74, 6) is 1.39. The Hall–Kier alpha value is -1.77. The molecular weight excluding hydrogens is 234 g/mol. The number of anilines is 1. The van der Waals surface area contributed by atoms with Gasteiger partial charge in [-0.25, -0.2) is 4.68 Å². The Balaban J connectivity index is 2.45. The van der Waals surface area contributed by atoms with Crippen LogP contribution in [0.1, 0.15) is 38.4 Å². The molecular formula is C16H23N3. The molecule has 0 aliphatic rings. The van der Waals surface area contributed by atoms with Crippen LogP contribution in [0.2, 0.25) is 0 Å². The minimum Gasteiger partial charge on any atom is -0.383 e. The molecule has 1 aromatic heterocycles. The lowest BCUT2D eigenvalue weighted by Crippen LogP contribution is -2.02. The summed E-state index contributed by atoms with van der Waals surface area (Å²) >= 11 is 0. The van der Waals surface area contributed by atoms with Gasteiger partial charge in [-0.05, 0) is 30.9 Å². The van der Waals surface area contributed by atoms with Crippen molar-refractivity contribution < 1.29 is 0 Å². The largest absolute Gasteiger partial charge is 0.383 e. The van der Waals surface area contributed by atoms with E-state index in [1.807, 2.05) is 35.0 Å². The molecule has 0 radical (unpaired) electrons. The Labute approximate surface area is 115 Å².